The lowest BCUT2D eigenvalue weighted by atomic mass is 9.80. The van der Waals surface area contributed by atoms with Crippen LogP contribution in [0.15, 0.2) is 24.3 Å². The van der Waals surface area contributed by atoms with Crippen LogP contribution in [0.3, 0.4) is 0 Å². The summed E-state index contributed by atoms with van der Waals surface area (Å²) in [7, 11) is 1.53. The highest BCUT2D eigenvalue weighted by molar-refractivity contribution is 5.81. The van der Waals surface area contributed by atoms with Gasteiger partial charge in [0.05, 0.1) is 12.5 Å². The molecule has 0 amide bonds. The highest BCUT2D eigenvalue weighted by atomic mass is 16.5. The summed E-state index contributed by atoms with van der Waals surface area (Å²) in [6.45, 7) is 1.43. The SMILES string of the molecule is COc1cccc(C(C)(CCO)C(=O)O)c1. The fourth-order valence-electron chi connectivity index (χ4n) is 1.56. The van der Waals surface area contributed by atoms with E-state index in [1.54, 1.807) is 31.2 Å². The topological polar surface area (TPSA) is 66.8 Å². The van der Waals surface area contributed by atoms with E-state index in [2.05, 4.69) is 0 Å². The van der Waals surface area contributed by atoms with E-state index < -0.39 is 11.4 Å². The van der Waals surface area contributed by atoms with Crippen LogP contribution < -0.4 is 4.74 Å². The molecule has 1 unspecified atom stereocenters. The summed E-state index contributed by atoms with van der Waals surface area (Å²) < 4.78 is 5.05. The number of hydrogen-bond acceptors (Lipinski definition) is 3. The summed E-state index contributed by atoms with van der Waals surface area (Å²) in [5.74, 6) is -0.335. The zero-order valence-electron chi connectivity index (χ0n) is 9.43. The average molecular weight is 224 g/mol. The van der Waals surface area contributed by atoms with Crippen LogP contribution in [0.2, 0.25) is 0 Å². The lowest BCUT2D eigenvalue weighted by Crippen LogP contribution is -2.33. The maximum absolute atomic E-state index is 11.3. The summed E-state index contributed by atoms with van der Waals surface area (Å²) in [6, 6.07) is 6.91. The fraction of sp³-hybridized carbons (Fsp3) is 0.417. The van der Waals surface area contributed by atoms with Crippen molar-refractivity contribution in [3.8, 4) is 5.75 Å². The lowest BCUT2D eigenvalue weighted by molar-refractivity contribution is -0.143. The van der Waals surface area contributed by atoms with Gasteiger partial charge in [0.2, 0.25) is 0 Å². The molecule has 0 bridgehead atoms. The van der Waals surface area contributed by atoms with Crippen molar-refractivity contribution in [2.24, 2.45) is 0 Å². The van der Waals surface area contributed by atoms with Gasteiger partial charge in [-0.1, -0.05) is 12.1 Å². The van der Waals surface area contributed by atoms with E-state index in [9.17, 15) is 9.90 Å². The Labute approximate surface area is 94.5 Å². The molecule has 0 radical (unpaired) electrons. The molecule has 0 saturated carbocycles. The minimum absolute atomic E-state index is 0.167. The number of hydrogen-bond donors (Lipinski definition) is 2. The van der Waals surface area contributed by atoms with Gasteiger partial charge in [-0.05, 0) is 31.0 Å². The minimum atomic E-state index is -1.08. The fourth-order valence-corrected chi connectivity index (χ4v) is 1.56. The Hall–Kier alpha value is -1.55. The van der Waals surface area contributed by atoms with Crippen molar-refractivity contribution in [3.63, 3.8) is 0 Å². The van der Waals surface area contributed by atoms with Gasteiger partial charge in [-0.3, -0.25) is 4.79 Å². The van der Waals surface area contributed by atoms with Crippen LogP contribution in [0, 0.1) is 0 Å². The van der Waals surface area contributed by atoms with Crippen LogP contribution in [-0.4, -0.2) is 29.9 Å². The van der Waals surface area contributed by atoms with E-state index in [-0.39, 0.29) is 13.0 Å². The van der Waals surface area contributed by atoms with Gasteiger partial charge in [0.25, 0.3) is 0 Å². The summed E-state index contributed by atoms with van der Waals surface area (Å²) >= 11 is 0. The summed E-state index contributed by atoms with van der Waals surface area (Å²) in [5, 5.41) is 18.2. The first kappa shape index (κ1) is 12.5. The Morgan fingerprint density at radius 2 is 2.19 bits per heavy atom. The molecular weight excluding hydrogens is 208 g/mol. The molecule has 0 aliphatic heterocycles. The molecule has 0 heterocycles. The van der Waals surface area contributed by atoms with Gasteiger partial charge in [-0.2, -0.15) is 0 Å². The van der Waals surface area contributed by atoms with Crippen LogP contribution in [0.4, 0.5) is 0 Å². The standard InChI is InChI=1S/C12H16O4/c1-12(6-7-13,11(14)15)9-4-3-5-10(8-9)16-2/h3-5,8,13H,6-7H2,1-2H3,(H,14,15). The molecule has 2 N–H and O–H groups in total. The molecule has 0 aliphatic rings. The number of aliphatic carboxylic acids is 1. The van der Waals surface area contributed by atoms with E-state index in [1.165, 1.54) is 7.11 Å². The zero-order chi connectivity index (χ0) is 12.2. The molecule has 4 heteroatoms. The number of rotatable bonds is 5. The summed E-state index contributed by atoms with van der Waals surface area (Å²) in [6.07, 6.45) is 0.176. The van der Waals surface area contributed by atoms with Gasteiger partial charge in [-0.15, -0.1) is 0 Å². The van der Waals surface area contributed by atoms with Crippen molar-refractivity contribution < 1.29 is 19.7 Å². The average Bonchev–Trinajstić information content (AvgIpc) is 2.29. The van der Waals surface area contributed by atoms with Gasteiger partial charge in [-0.25, -0.2) is 0 Å². The van der Waals surface area contributed by atoms with Gasteiger partial charge in [0, 0.05) is 6.61 Å². The summed E-state index contributed by atoms with van der Waals surface area (Å²) in [5.41, 5.74) is -0.447. The zero-order valence-corrected chi connectivity index (χ0v) is 9.43. The van der Waals surface area contributed by atoms with Gasteiger partial charge < -0.3 is 14.9 Å². The molecule has 1 rings (SSSR count). The van der Waals surface area contributed by atoms with Crippen LogP contribution in [0.1, 0.15) is 18.9 Å². The van der Waals surface area contributed by atoms with E-state index in [0.717, 1.165) is 0 Å². The number of methoxy groups -OCH3 is 1. The maximum atomic E-state index is 11.3. The Kier molecular flexibility index (Phi) is 3.90. The number of ether oxygens (including phenoxy) is 1. The van der Waals surface area contributed by atoms with Crippen LogP contribution >= 0.6 is 0 Å². The van der Waals surface area contributed by atoms with E-state index >= 15 is 0 Å². The first-order valence-corrected chi connectivity index (χ1v) is 5.03. The highest BCUT2D eigenvalue weighted by Crippen LogP contribution is 2.30. The first-order chi connectivity index (χ1) is 7.54. The number of carboxylic acid groups (broad SMARTS) is 1. The second-order valence-electron chi connectivity index (χ2n) is 3.84. The van der Waals surface area contributed by atoms with Gasteiger partial charge >= 0.3 is 5.97 Å². The monoisotopic (exact) mass is 224 g/mol. The van der Waals surface area contributed by atoms with E-state index in [0.29, 0.717) is 11.3 Å². The van der Waals surface area contributed by atoms with Gasteiger partial charge in [0.15, 0.2) is 0 Å². The normalized spacial score (nSPS) is 14.2. The molecule has 1 aromatic rings. The molecule has 4 nitrogen and oxygen atoms in total. The van der Waals surface area contributed by atoms with Crippen LogP contribution in [0.25, 0.3) is 0 Å². The molecular formula is C12H16O4. The quantitative estimate of drug-likeness (QED) is 0.793. The molecule has 1 aromatic carbocycles. The number of carbonyl (C=O) groups is 1. The second kappa shape index (κ2) is 4.99. The van der Waals surface area contributed by atoms with Crippen molar-refractivity contribution in [2.75, 3.05) is 13.7 Å². The number of aliphatic hydroxyl groups excluding tert-OH is 1. The highest BCUT2D eigenvalue weighted by Gasteiger charge is 2.34. The smallest absolute Gasteiger partial charge is 0.313 e. The third-order valence-electron chi connectivity index (χ3n) is 2.79. The first-order valence-electron chi connectivity index (χ1n) is 5.03. The molecule has 0 spiro atoms. The number of benzene rings is 1. The second-order valence-corrected chi connectivity index (χ2v) is 3.84. The van der Waals surface area contributed by atoms with Crippen molar-refractivity contribution >= 4 is 5.97 Å². The Morgan fingerprint density at radius 3 is 2.69 bits per heavy atom. The molecule has 0 fully saturated rings. The van der Waals surface area contributed by atoms with Gasteiger partial charge in [0.1, 0.15) is 5.75 Å². The third-order valence-corrected chi connectivity index (χ3v) is 2.79. The molecule has 0 aromatic heterocycles. The van der Waals surface area contributed by atoms with Crippen molar-refractivity contribution in [3.05, 3.63) is 29.8 Å². The Bertz CT molecular complexity index is 375. The van der Waals surface area contributed by atoms with Crippen molar-refractivity contribution in [1.29, 1.82) is 0 Å². The Morgan fingerprint density at radius 1 is 1.50 bits per heavy atom. The predicted molar refractivity (Wildman–Crippen MR) is 59.7 cm³/mol. The molecule has 0 saturated heterocycles. The largest absolute Gasteiger partial charge is 0.497 e. The lowest BCUT2D eigenvalue weighted by Gasteiger charge is -2.24. The molecule has 1 atom stereocenters. The number of aliphatic hydroxyl groups is 1. The minimum Gasteiger partial charge on any atom is -0.497 e. The molecule has 88 valence electrons. The van der Waals surface area contributed by atoms with E-state index in [1.807, 2.05) is 0 Å². The molecule has 0 aliphatic carbocycles. The number of carboxylic acids is 1. The predicted octanol–water partition coefficient (Wildman–Crippen LogP) is 1.42. The molecule has 16 heavy (non-hydrogen) atoms. The van der Waals surface area contributed by atoms with Crippen LogP contribution in [-0.2, 0) is 10.2 Å². The van der Waals surface area contributed by atoms with Crippen molar-refractivity contribution in [2.45, 2.75) is 18.8 Å². The van der Waals surface area contributed by atoms with E-state index in [4.69, 9.17) is 9.84 Å². The van der Waals surface area contributed by atoms with Crippen molar-refractivity contribution in [1.82, 2.24) is 0 Å². The summed E-state index contributed by atoms with van der Waals surface area (Å²) in [4.78, 5) is 11.3. The Balaban J connectivity index is 3.15. The third kappa shape index (κ3) is 2.33. The van der Waals surface area contributed by atoms with Crippen LogP contribution in [0.5, 0.6) is 5.75 Å². The maximum Gasteiger partial charge on any atom is 0.313 e.